The topological polar surface area (TPSA) is 70.7 Å². The molecule has 24 heavy (non-hydrogen) atoms. The van der Waals surface area contributed by atoms with Crippen molar-refractivity contribution in [3.05, 3.63) is 28.8 Å². The van der Waals surface area contributed by atoms with Gasteiger partial charge >= 0.3 is 0 Å². The van der Waals surface area contributed by atoms with Gasteiger partial charge in [0.25, 0.3) is 0 Å². The average molecular weight is 391 g/mol. The predicted octanol–water partition coefficient (Wildman–Crippen LogP) is 3.18. The first kappa shape index (κ1) is 15.6. The maximum absolute atomic E-state index is 5.93. The quantitative estimate of drug-likeness (QED) is 0.619. The lowest BCUT2D eigenvalue weighted by Gasteiger charge is -2.09. The van der Waals surface area contributed by atoms with Gasteiger partial charge in [0.1, 0.15) is 24.2 Å². The van der Waals surface area contributed by atoms with Crippen molar-refractivity contribution in [1.29, 1.82) is 0 Å². The molecule has 7 nitrogen and oxygen atoms in total. The summed E-state index contributed by atoms with van der Waals surface area (Å²) < 4.78 is 10.6. The maximum Gasteiger partial charge on any atom is 0.164 e. The third-order valence-electron chi connectivity index (χ3n) is 4.21. The summed E-state index contributed by atoms with van der Waals surface area (Å²) in [4.78, 5) is 4.27. The molecule has 4 rings (SSSR count). The Morgan fingerprint density at radius 3 is 2.96 bits per heavy atom. The van der Waals surface area contributed by atoms with Gasteiger partial charge in [-0.2, -0.15) is 5.10 Å². The predicted molar refractivity (Wildman–Crippen MR) is 92.6 cm³/mol. The van der Waals surface area contributed by atoms with E-state index in [9.17, 15) is 0 Å². The first-order chi connectivity index (χ1) is 11.8. The van der Waals surface area contributed by atoms with E-state index >= 15 is 0 Å². The normalized spacial score (nSPS) is 14.4. The fraction of sp³-hybridized carbons (Fsp3) is 0.500. The van der Waals surface area contributed by atoms with Crippen LogP contribution in [-0.2, 0) is 19.7 Å². The Balaban J connectivity index is 1.53. The highest BCUT2D eigenvalue weighted by Crippen LogP contribution is 2.35. The van der Waals surface area contributed by atoms with Gasteiger partial charge in [-0.25, -0.2) is 14.3 Å². The molecule has 0 N–H and O–H groups in total. The van der Waals surface area contributed by atoms with Gasteiger partial charge < -0.3 is 4.74 Å². The number of nitrogens with zero attached hydrogens (tertiary/aromatic N) is 6. The van der Waals surface area contributed by atoms with E-state index < -0.39 is 0 Å². The summed E-state index contributed by atoms with van der Waals surface area (Å²) >= 11 is 3.61. The molecule has 3 aromatic rings. The van der Waals surface area contributed by atoms with E-state index in [2.05, 4.69) is 43.2 Å². The number of halogens is 1. The van der Waals surface area contributed by atoms with E-state index in [0.717, 1.165) is 52.5 Å². The average Bonchev–Trinajstić information content (AvgIpc) is 3.13. The SMILES string of the molecule is CCCn1ncnc1COc1ccc2c(nnn2CC2CC2)c1Br. The Labute approximate surface area is 148 Å². The van der Waals surface area contributed by atoms with Crippen molar-refractivity contribution < 1.29 is 4.74 Å². The summed E-state index contributed by atoms with van der Waals surface area (Å²) in [5, 5.41) is 12.8. The van der Waals surface area contributed by atoms with Crippen molar-refractivity contribution in [2.75, 3.05) is 0 Å². The molecular formula is C16H19BrN6O. The lowest BCUT2D eigenvalue weighted by molar-refractivity contribution is 0.285. The lowest BCUT2D eigenvalue weighted by atomic mass is 10.3. The Morgan fingerprint density at radius 2 is 2.17 bits per heavy atom. The summed E-state index contributed by atoms with van der Waals surface area (Å²) in [6, 6.07) is 3.98. The number of aryl methyl sites for hydroxylation is 1. The zero-order chi connectivity index (χ0) is 16.5. The van der Waals surface area contributed by atoms with Gasteiger partial charge in [0.15, 0.2) is 5.82 Å². The molecule has 8 heteroatoms. The monoisotopic (exact) mass is 390 g/mol. The van der Waals surface area contributed by atoms with Crippen LogP contribution in [0, 0.1) is 5.92 Å². The second kappa shape index (κ2) is 6.51. The molecule has 1 aliphatic rings. The van der Waals surface area contributed by atoms with Crippen LogP contribution in [0.15, 0.2) is 22.9 Å². The van der Waals surface area contributed by atoms with Crippen molar-refractivity contribution in [3.8, 4) is 5.75 Å². The van der Waals surface area contributed by atoms with Gasteiger partial charge in [-0.3, -0.25) is 0 Å². The Kier molecular flexibility index (Phi) is 4.22. The summed E-state index contributed by atoms with van der Waals surface area (Å²) in [6.07, 6.45) is 5.16. The number of aromatic nitrogens is 6. The third kappa shape index (κ3) is 3.02. The summed E-state index contributed by atoms with van der Waals surface area (Å²) in [5.41, 5.74) is 1.87. The van der Waals surface area contributed by atoms with E-state index in [1.54, 1.807) is 6.33 Å². The molecule has 126 valence electrons. The minimum absolute atomic E-state index is 0.375. The highest BCUT2D eigenvalue weighted by Gasteiger charge is 2.23. The largest absolute Gasteiger partial charge is 0.484 e. The highest BCUT2D eigenvalue weighted by atomic mass is 79.9. The molecule has 1 aromatic carbocycles. The van der Waals surface area contributed by atoms with E-state index in [-0.39, 0.29) is 0 Å². The van der Waals surface area contributed by atoms with Crippen molar-refractivity contribution in [2.45, 2.75) is 45.9 Å². The third-order valence-corrected chi connectivity index (χ3v) is 4.97. The van der Waals surface area contributed by atoms with Gasteiger partial charge in [-0.05, 0) is 53.2 Å². The Hall–Kier alpha value is -1.96. The minimum atomic E-state index is 0.375. The molecule has 0 bridgehead atoms. The van der Waals surface area contributed by atoms with Gasteiger partial charge in [0, 0.05) is 13.1 Å². The van der Waals surface area contributed by atoms with Crippen LogP contribution in [0.3, 0.4) is 0 Å². The van der Waals surface area contributed by atoms with Gasteiger partial charge in [0.2, 0.25) is 0 Å². The standard InChI is InChI=1S/C16H19BrN6O/c1-2-7-22-14(18-10-19-22)9-24-13-6-5-12-16(15(13)17)20-21-23(12)8-11-3-4-11/h5-6,10-11H,2-4,7-9H2,1H3. The van der Waals surface area contributed by atoms with Crippen LogP contribution >= 0.6 is 15.9 Å². The molecule has 1 saturated carbocycles. The zero-order valence-corrected chi connectivity index (χ0v) is 15.1. The van der Waals surface area contributed by atoms with Crippen molar-refractivity contribution in [3.63, 3.8) is 0 Å². The molecule has 0 amide bonds. The molecule has 0 saturated heterocycles. The second-order valence-corrected chi connectivity index (χ2v) is 6.94. The second-order valence-electron chi connectivity index (χ2n) is 6.15. The lowest BCUT2D eigenvalue weighted by Crippen LogP contribution is -2.08. The fourth-order valence-corrected chi connectivity index (χ4v) is 3.25. The van der Waals surface area contributed by atoms with E-state index in [1.807, 2.05) is 21.5 Å². The maximum atomic E-state index is 5.93. The summed E-state index contributed by atoms with van der Waals surface area (Å²) in [7, 11) is 0. The van der Waals surface area contributed by atoms with Crippen LogP contribution < -0.4 is 4.74 Å². The van der Waals surface area contributed by atoms with Crippen LogP contribution in [0.25, 0.3) is 11.0 Å². The molecule has 0 aliphatic heterocycles. The molecule has 0 atom stereocenters. The minimum Gasteiger partial charge on any atom is -0.484 e. The number of hydrogen-bond acceptors (Lipinski definition) is 5. The van der Waals surface area contributed by atoms with E-state index in [4.69, 9.17) is 4.74 Å². The molecule has 0 unspecified atom stereocenters. The molecule has 2 heterocycles. The van der Waals surface area contributed by atoms with Gasteiger partial charge in [-0.1, -0.05) is 12.1 Å². The Bertz CT molecular complexity index is 853. The van der Waals surface area contributed by atoms with Crippen molar-refractivity contribution >= 4 is 27.0 Å². The number of rotatable bonds is 7. The molecule has 1 fully saturated rings. The molecule has 0 spiro atoms. The Morgan fingerprint density at radius 1 is 1.29 bits per heavy atom. The number of hydrogen-bond donors (Lipinski definition) is 0. The summed E-state index contributed by atoms with van der Waals surface area (Å²) in [6.45, 7) is 4.28. The number of ether oxygens (including phenoxy) is 1. The molecular weight excluding hydrogens is 372 g/mol. The molecule has 2 aromatic heterocycles. The molecule has 1 aliphatic carbocycles. The first-order valence-electron chi connectivity index (χ1n) is 8.27. The zero-order valence-electron chi connectivity index (χ0n) is 13.5. The fourth-order valence-electron chi connectivity index (χ4n) is 2.72. The van der Waals surface area contributed by atoms with Crippen LogP contribution in [0.2, 0.25) is 0 Å². The van der Waals surface area contributed by atoms with Crippen LogP contribution in [0.4, 0.5) is 0 Å². The van der Waals surface area contributed by atoms with Gasteiger partial charge in [0.05, 0.1) is 9.99 Å². The first-order valence-corrected chi connectivity index (χ1v) is 9.06. The van der Waals surface area contributed by atoms with Crippen LogP contribution in [0.1, 0.15) is 32.0 Å². The summed E-state index contributed by atoms with van der Waals surface area (Å²) in [5.74, 6) is 2.32. The van der Waals surface area contributed by atoms with Crippen molar-refractivity contribution in [2.24, 2.45) is 5.92 Å². The number of benzene rings is 1. The number of fused-ring (bicyclic) bond motifs is 1. The molecule has 0 radical (unpaired) electrons. The smallest absolute Gasteiger partial charge is 0.164 e. The van der Waals surface area contributed by atoms with Gasteiger partial charge in [-0.15, -0.1) is 5.10 Å². The van der Waals surface area contributed by atoms with E-state index in [1.165, 1.54) is 12.8 Å². The van der Waals surface area contributed by atoms with Crippen LogP contribution in [-0.4, -0.2) is 29.8 Å². The van der Waals surface area contributed by atoms with E-state index in [0.29, 0.717) is 6.61 Å². The van der Waals surface area contributed by atoms with Crippen LogP contribution in [0.5, 0.6) is 5.75 Å². The van der Waals surface area contributed by atoms with Crippen molar-refractivity contribution in [1.82, 2.24) is 29.8 Å². The highest BCUT2D eigenvalue weighted by molar-refractivity contribution is 9.10.